The monoisotopic (exact) mass is 270 g/mol. The third kappa shape index (κ3) is 3.69. The van der Waals surface area contributed by atoms with E-state index in [1.807, 2.05) is 0 Å². The molecule has 5 heteroatoms. The van der Waals surface area contributed by atoms with Gasteiger partial charge in [0.25, 0.3) is 0 Å². The SMILES string of the molecule is CCN(C(=O)CC1(N)CCCCC1)C(C)(C)C(=O)O. The maximum atomic E-state index is 12.4. The Hall–Kier alpha value is -1.10. The highest BCUT2D eigenvalue weighted by Gasteiger charge is 2.39. The second kappa shape index (κ2) is 5.90. The van der Waals surface area contributed by atoms with Crippen molar-refractivity contribution in [2.75, 3.05) is 6.54 Å². The van der Waals surface area contributed by atoms with Crippen LogP contribution in [0.15, 0.2) is 0 Å². The molecule has 1 saturated carbocycles. The van der Waals surface area contributed by atoms with Gasteiger partial charge in [0.1, 0.15) is 5.54 Å². The summed E-state index contributed by atoms with van der Waals surface area (Å²) in [6, 6.07) is 0. The minimum absolute atomic E-state index is 0.153. The van der Waals surface area contributed by atoms with Crippen molar-refractivity contribution < 1.29 is 14.7 Å². The molecular weight excluding hydrogens is 244 g/mol. The summed E-state index contributed by atoms with van der Waals surface area (Å²) in [4.78, 5) is 25.1. The number of likely N-dealkylation sites (N-methyl/N-ethyl adjacent to an activating group) is 1. The first-order valence-electron chi connectivity index (χ1n) is 7.06. The molecule has 19 heavy (non-hydrogen) atoms. The number of carbonyl (C=O) groups excluding carboxylic acids is 1. The second-order valence-electron chi connectivity index (χ2n) is 6.10. The summed E-state index contributed by atoms with van der Waals surface area (Å²) in [7, 11) is 0. The molecule has 110 valence electrons. The van der Waals surface area contributed by atoms with Gasteiger partial charge >= 0.3 is 5.97 Å². The molecule has 1 aliphatic rings. The number of nitrogens with two attached hydrogens (primary N) is 1. The predicted octanol–water partition coefficient (Wildman–Crippen LogP) is 1.75. The van der Waals surface area contributed by atoms with Crippen LogP contribution in [0, 0.1) is 0 Å². The van der Waals surface area contributed by atoms with E-state index in [4.69, 9.17) is 5.73 Å². The molecule has 0 unspecified atom stereocenters. The van der Waals surface area contributed by atoms with Crippen LogP contribution in [0.4, 0.5) is 0 Å². The van der Waals surface area contributed by atoms with Crippen molar-refractivity contribution in [3.05, 3.63) is 0 Å². The van der Waals surface area contributed by atoms with Crippen molar-refractivity contribution in [1.29, 1.82) is 0 Å². The Morgan fingerprint density at radius 2 is 1.79 bits per heavy atom. The summed E-state index contributed by atoms with van der Waals surface area (Å²) >= 11 is 0. The van der Waals surface area contributed by atoms with Gasteiger partial charge in [0.15, 0.2) is 0 Å². The molecule has 1 aliphatic carbocycles. The summed E-state index contributed by atoms with van der Waals surface area (Å²) in [5, 5.41) is 9.24. The summed E-state index contributed by atoms with van der Waals surface area (Å²) in [5.41, 5.74) is 4.65. The first-order valence-corrected chi connectivity index (χ1v) is 7.06. The third-order valence-electron chi connectivity index (χ3n) is 4.17. The van der Waals surface area contributed by atoms with Gasteiger partial charge in [-0.25, -0.2) is 4.79 Å². The normalized spacial score (nSPS) is 18.9. The molecule has 0 atom stereocenters. The molecule has 1 fully saturated rings. The van der Waals surface area contributed by atoms with Crippen molar-refractivity contribution in [3.63, 3.8) is 0 Å². The van der Waals surface area contributed by atoms with Crippen LogP contribution in [0.3, 0.4) is 0 Å². The van der Waals surface area contributed by atoms with Crippen molar-refractivity contribution in [1.82, 2.24) is 4.90 Å². The van der Waals surface area contributed by atoms with E-state index < -0.39 is 17.0 Å². The average Bonchev–Trinajstić information content (AvgIpc) is 2.29. The predicted molar refractivity (Wildman–Crippen MR) is 73.7 cm³/mol. The van der Waals surface area contributed by atoms with Crippen LogP contribution < -0.4 is 5.73 Å². The fraction of sp³-hybridized carbons (Fsp3) is 0.857. The molecule has 1 amide bonds. The molecule has 0 aliphatic heterocycles. The number of aliphatic carboxylic acids is 1. The number of amides is 1. The maximum absolute atomic E-state index is 12.4. The summed E-state index contributed by atoms with van der Waals surface area (Å²) < 4.78 is 0. The minimum Gasteiger partial charge on any atom is -0.480 e. The van der Waals surface area contributed by atoms with Crippen LogP contribution in [0.25, 0.3) is 0 Å². The van der Waals surface area contributed by atoms with Gasteiger partial charge in [-0.2, -0.15) is 0 Å². The van der Waals surface area contributed by atoms with Gasteiger partial charge in [0.05, 0.1) is 0 Å². The number of hydrogen-bond donors (Lipinski definition) is 2. The number of carboxylic acid groups (broad SMARTS) is 1. The van der Waals surface area contributed by atoms with Crippen molar-refractivity contribution >= 4 is 11.9 Å². The van der Waals surface area contributed by atoms with E-state index in [9.17, 15) is 14.7 Å². The van der Waals surface area contributed by atoms with E-state index in [2.05, 4.69) is 0 Å². The average molecular weight is 270 g/mol. The van der Waals surface area contributed by atoms with Crippen LogP contribution in [-0.2, 0) is 9.59 Å². The third-order valence-corrected chi connectivity index (χ3v) is 4.17. The van der Waals surface area contributed by atoms with Gasteiger partial charge in [-0.15, -0.1) is 0 Å². The molecule has 0 spiro atoms. The molecule has 5 nitrogen and oxygen atoms in total. The van der Waals surface area contributed by atoms with Crippen LogP contribution in [-0.4, -0.2) is 39.5 Å². The molecule has 0 radical (unpaired) electrons. The lowest BCUT2D eigenvalue weighted by Gasteiger charge is -2.39. The zero-order valence-electron chi connectivity index (χ0n) is 12.2. The molecular formula is C14H26N2O3. The zero-order valence-corrected chi connectivity index (χ0v) is 12.2. The Kier molecular flexibility index (Phi) is 4.96. The smallest absolute Gasteiger partial charge is 0.329 e. The summed E-state index contributed by atoms with van der Waals surface area (Å²) in [5.74, 6) is -1.14. The largest absolute Gasteiger partial charge is 0.480 e. The van der Waals surface area contributed by atoms with Crippen LogP contribution in [0.1, 0.15) is 59.3 Å². The highest BCUT2D eigenvalue weighted by Crippen LogP contribution is 2.30. The van der Waals surface area contributed by atoms with Crippen LogP contribution in [0.5, 0.6) is 0 Å². The molecule has 0 bridgehead atoms. The molecule has 0 aromatic heterocycles. The van der Waals surface area contributed by atoms with Crippen molar-refractivity contribution in [2.24, 2.45) is 5.73 Å². The summed E-state index contributed by atoms with van der Waals surface area (Å²) in [6.45, 7) is 5.29. The first-order chi connectivity index (χ1) is 8.73. The van der Waals surface area contributed by atoms with Gasteiger partial charge < -0.3 is 15.7 Å². The van der Waals surface area contributed by atoms with E-state index in [0.717, 1.165) is 25.7 Å². The molecule has 1 rings (SSSR count). The first kappa shape index (κ1) is 16.0. The van der Waals surface area contributed by atoms with Gasteiger partial charge in [-0.1, -0.05) is 19.3 Å². The Morgan fingerprint density at radius 1 is 1.26 bits per heavy atom. The highest BCUT2D eigenvalue weighted by molar-refractivity contribution is 5.86. The number of carboxylic acids is 1. The van der Waals surface area contributed by atoms with Crippen molar-refractivity contribution in [3.8, 4) is 0 Å². The van der Waals surface area contributed by atoms with Crippen molar-refractivity contribution in [2.45, 2.75) is 70.4 Å². The maximum Gasteiger partial charge on any atom is 0.329 e. The number of rotatable bonds is 5. The van der Waals surface area contributed by atoms with Gasteiger partial charge in [-0.05, 0) is 33.6 Å². The van der Waals surface area contributed by atoms with E-state index in [1.54, 1.807) is 20.8 Å². The van der Waals surface area contributed by atoms with Gasteiger partial charge in [0, 0.05) is 18.5 Å². The van der Waals surface area contributed by atoms with E-state index in [1.165, 1.54) is 11.3 Å². The minimum atomic E-state index is -1.18. The molecule has 0 aromatic rings. The fourth-order valence-electron chi connectivity index (χ4n) is 2.83. The number of hydrogen-bond acceptors (Lipinski definition) is 3. The molecule has 0 heterocycles. The van der Waals surface area contributed by atoms with Crippen LogP contribution >= 0.6 is 0 Å². The number of nitrogens with zero attached hydrogens (tertiary/aromatic N) is 1. The van der Waals surface area contributed by atoms with E-state index >= 15 is 0 Å². The quantitative estimate of drug-likeness (QED) is 0.797. The molecule has 0 saturated heterocycles. The Labute approximate surface area is 115 Å². The lowest BCUT2D eigenvalue weighted by atomic mass is 9.79. The second-order valence-corrected chi connectivity index (χ2v) is 6.10. The van der Waals surface area contributed by atoms with Crippen LogP contribution in [0.2, 0.25) is 0 Å². The molecule has 3 N–H and O–H groups in total. The Bertz CT molecular complexity index is 347. The summed E-state index contributed by atoms with van der Waals surface area (Å²) in [6.07, 6.45) is 5.23. The van der Waals surface area contributed by atoms with Gasteiger partial charge in [-0.3, -0.25) is 4.79 Å². The highest BCUT2D eigenvalue weighted by atomic mass is 16.4. The topological polar surface area (TPSA) is 83.6 Å². The van der Waals surface area contributed by atoms with E-state index in [-0.39, 0.29) is 12.3 Å². The zero-order chi connectivity index (χ0) is 14.7. The lowest BCUT2D eigenvalue weighted by Crippen LogP contribution is -2.55. The standard InChI is InChI=1S/C14H26N2O3/c1-4-16(13(2,3)12(18)19)11(17)10-14(15)8-6-5-7-9-14/h4-10,15H2,1-3H3,(H,18,19). The lowest BCUT2D eigenvalue weighted by molar-refractivity contribution is -0.157. The number of carbonyl (C=O) groups is 2. The van der Waals surface area contributed by atoms with Gasteiger partial charge in [0.2, 0.25) is 5.91 Å². The fourth-order valence-corrected chi connectivity index (χ4v) is 2.83. The Balaban J connectivity index is 2.77. The molecule has 0 aromatic carbocycles. The Morgan fingerprint density at radius 3 is 2.21 bits per heavy atom. The van der Waals surface area contributed by atoms with E-state index in [0.29, 0.717) is 6.54 Å².